The third-order valence-electron chi connectivity index (χ3n) is 6.34. The van der Waals surface area contributed by atoms with Crippen LogP contribution in [0.1, 0.15) is 56.2 Å². The maximum Gasteiger partial charge on any atom is 0.315 e. The van der Waals surface area contributed by atoms with Crippen molar-refractivity contribution in [2.24, 2.45) is 0 Å². The molecule has 2 rings (SSSR count). The monoisotopic (exact) mass is 546 g/mol. The highest BCUT2D eigenvalue weighted by molar-refractivity contribution is 5.92. The first-order valence-corrected chi connectivity index (χ1v) is 13.4. The molecule has 0 unspecified atom stereocenters. The highest BCUT2D eigenvalue weighted by Gasteiger charge is 2.28. The lowest BCUT2D eigenvalue weighted by molar-refractivity contribution is -0.128. The molecule has 10 heteroatoms. The highest BCUT2D eigenvalue weighted by atomic mass is 19.1. The summed E-state index contributed by atoms with van der Waals surface area (Å²) in [6.07, 6.45) is 1.18. The van der Waals surface area contributed by atoms with Crippen LogP contribution in [0.4, 0.5) is 13.6 Å². The Bertz CT molecular complexity index is 1080. The summed E-state index contributed by atoms with van der Waals surface area (Å²) >= 11 is 0. The minimum atomic E-state index is -1.18. The standard InChI is InChI=1S/C29H40F2N4O4/c1-4-6-10-24(36)16-26(35-29(39)32-3)28(38)34-25(14-21-12-22(30)15-23(31)13-21)27(37)18-33-17-20-9-7-8-19(5-2)11-20/h7-9,11-13,15,25-27,33,37H,4-6,10,14,16-18H2,1-3H3,(H,34,38)(H2,32,35,39)/t25-,26+,27-/m0/s1. The van der Waals surface area contributed by atoms with Gasteiger partial charge in [0.1, 0.15) is 23.5 Å². The van der Waals surface area contributed by atoms with Gasteiger partial charge in [0, 0.05) is 39.0 Å². The van der Waals surface area contributed by atoms with E-state index in [1.54, 1.807) is 0 Å². The molecule has 0 fully saturated rings. The molecule has 0 saturated carbocycles. The van der Waals surface area contributed by atoms with Gasteiger partial charge in [0.2, 0.25) is 5.91 Å². The number of ketones is 1. The third-order valence-corrected chi connectivity index (χ3v) is 6.34. The number of unbranched alkanes of at least 4 members (excludes halogenated alkanes) is 1. The quantitative estimate of drug-likeness (QED) is 0.222. The van der Waals surface area contributed by atoms with E-state index in [1.807, 2.05) is 25.1 Å². The number of halogens is 2. The van der Waals surface area contributed by atoms with E-state index in [0.29, 0.717) is 13.0 Å². The van der Waals surface area contributed by atoms with Crippen LogP contribution in [0.25, 0.3) is 0 Å². The van der Waals surface area contributed by atoms with Gasteiger partial charge >= 0.3 is 6.03 Å². The number of hydrogen-bond acceptors (Lipinski definition) is 5. The lowest BCUT2D eigenvalue weighted by atomic mass is 9.99. The van der Waals surface area contributed by atoms with E-state index in [-0.39, 0.29) is 37.2 Å². The molecule has 5 N–H and O–H groups in total. The second-order valence-corrected chi connectivity index (χ2v) is 9.59. The van der Waals surface area contributed by atoms with Crippen molar-refractivity contribution in [3.05, 3.63) is 70.8 Å². The summed E-state index contributed by atoms with van der Waals surface area (Å²) in [6, 6.07) is 8.21. The van der Waals surface area contributed by atoms with Crippen LogP contribution in [0.15, 0.2) is 42.5 Å². The van der Waals surface area contributed by atoms with E-state index in [4.69, 9.17) is 0 Å². The minimum absolute atomic E-state index is 0.0715. The van der Waals surface area contributed by atoms with E-state index in [1.165, 1.54) is 12.6 Å². The van der Waals surface area contributed by atoms with E-state index >= 15 is 0 Å². The van der Waals surface area contributed by atoms with Crippen LogP contribution in [0.5, 0.6) is 0 Å². The number of amides is 3. The number of aliphatic hydroxyl groups excluding tert-OH is 1. The summed E-state index contributed by atoms with van der Waals surface area (Å²) < 4.78 is 27.7. The first-order valence-electron chi connectivity index (χ1n) is 13.4. The molecular weight excluding hydrogens is 506 g/mol. The van der Waals surface area contributed by atoms with Gasteiger partial charge in [-0.15, -0.1) is 0 Å². The van der Waals surface area contributed by atoms with Gasteiger partial charge in [-0.1, -0.05) is 44.5 Å². The molecule has 2 aromatic carbocycles. The largest absolute Gasteiger partial charge is 0.390 e. The molecular formula is C29H40F2N4O4. The Labute approximate surface area is 229 Å². The predicted octanol–water partition coefficient (Wildman–Crippen LogP) is 3.15. The molecule has 0 aromatic heterocycles. The molecule has 3 amide bonds. The number of rotatable bonds is 16. The van der Waals surface area contributed by atoms with Crippen LogP contribution < -0.4 is 21.3 Å². The molecule has 214 valence electrons. The van der Waals surface area contributed by atoms with Gasteiger partial charge in [0.25, 0.3) is 0 Å². The molecule has 0 radical (unpaired) electrons. The maximum absolute atomic E-state index is 13.9. The van der Waals surface area contributed by atoms with Crippen LogP contribution in [0.3, 0.4) is 0 Å². The van der Waals surface area contributed by atoms with E-state index < -0.39 is 41.8 Å². The number of carbonyl (C=O) groups is 3. The molecule has 0 heterocycles. The molecule has 3 atom stereocenters. The zero-order valence-electron chi connectivity index (χ0n) is 22.9. The second kappa shape index (κ2) is 16.6. The van der Waals surface area contributed by atoms with Crippen molar-refractivity contribution in [1.82, 2.24) is 21.3 Å². The summed E-state index contributed by atoms with van der Waals surface area (Å²) in [4.78, 5) is 37.6. The zero-order valence-corrected chi connectivity index (χ0v) is 22.9. The Morgan fingerprint density at radius 2 is 1.64 bits per heavy atom. The van der Waals surface area contributed by atoms with Gasteiger partial charge in [-0.05, 0) is 48.1 Å². The Balaban J connectivity index is 2.18. The van der Waals surface area contributed by atoms with Crippen LogP contribution in [0.2, 0.25) is 0 Å². The van der Waals surface area contributed by atoms with Crippen molar-refractivity contribution < 1.29 is 28.3 Å². The van der Waals surface area contributed by atoms with E-state index in [2.05, 4.69) is 34.3 Å². The average Bonchev–Trinajstić information content (AvgIpc) is 2.90. The van der Waals surface area contributed by atoms with E-state index in [0.717, 1.165) is 36.6 Å². The Kier molecular flexibility index (Phi) is 13.5. The van der Waals surface area contributed by atoms with Gasteiger partial charge in [-0.2, -0.15) is 0 Å². The number of urea groups is 1. The number of benzene rings is 2. The average molecular weight is 547 g/mol. The van der Waals surface area contributed by atoms with Crippen molar-refractivity contribution in [2.75, 3.05) is 13.6 Å². The fourth-order valence-electron chi connectivity index (χ4n) is 4.16. The molecule has 0 aliphatic heterocycles. The predicted molar refractivity (Wildman–Crippen MR) is 146 cm³/mol. The molecule has 2 aromatic rings. The topological polar surface area (TPSA) is 120 Å². The van der Waals surface area contributed by atoms with Gasteiger partial charge < -0.3 is 26.4 Å². The lowest BCUT2D eigenvalue weighted by Crippen LogP contribution is -2.56. The van der Waals surface area contributed by atoms with Crippen molar-refractivity contribution in [1.29, 1.82) is 0 Å². The van der Waals surface area contributed by atoms with Crippen LogP contribution in [-0.4, -0.2) is 54.6 Å². The second-order valence-electron chi connectivity index (χ2n) is 9.59. The highest BCUT2D eigenvalue weighted by Crippen LogP contribution is 2.13. The first-order chi connectivity index (χ1) is 18.6. The molecule has 0 spiro atoms. The SMILES string of the molecule is CCCCC(=O)C[C@@H](NC(=O)NC)C(=O)N[C@@H](Cc1cc(F)cc(F)c1)[C@@H](O)CNCc1cccc(CC)c1. The van der Waals surface area contributed by atoms with Crippen molar-refractivity contribution in [3.8, 4) is 0 Å². The number of hydrogen-bond donors (Lipinski definition) is 5. The number of aryl methyl sites for hydroxylation is 1. The summed E-state index contributed by atoms with van der Waals surface area (Å²) in [5, 5.41) is 21.7. The molecule has 0 bridgehead atoms. The smallest absolute Gasteiger partial charge is 0.315 e. The van der Waals surface area contributed by atoms with Crippen molar-refractivity contribution in [2.45, 2.75) is 77.1 Å². The Morgan fingerprint density at radius 3 is 2.28 bits per heavy atom. The van der Waals surface area contributed by atoms with Crippen LogP contribution >= 0.6 is 0 Å². The number of aliphatic hydroxyl groups is 1. The fraction of sp³-hybridized carbons (Fsp3) is 0.483. The number of nitrogens with one attached hydrogen (secondary N) is 4. The summed E-state index contributed by atoms with van der Waals surface area (Å²) in [5.41, 5.74) is 2.44. The van der Waals surface area contributed by atoms with Crippen molar-refractivity contribution in [3.63, 3.8) is 0 Å². The van der Waals surface area contributed by atoms with Crippen LogP contribution in [-0.2, 0) is 29.0 Å². The molecule has 0 aliphatic carbocycles. The van der Waals surface area contributed by atoms with Crippen LogP contribution in [0, 0.1) is 11.6 Å². The maximum atomic E-state index is 13.9. The lowest BCUT2D eigenvalue weighted by Gasteiger charge is -2.27. The Hall–Kier alpha value is -3.37. The van der Waals surface area contributed by atoms with Gasteiger partial charge in [-0.3, -0.25) is 9.59 Å². The molecule has 0 saturated heterocycles. The summed E-state index contributed by atoms with van der Waals surface area (Å²) in [5.74, 6) is -2.42. The van der Waals surface area contributed by atoms with Gasteiger partial charge in [0.05, 0.1) is 12.1 Å². The van der Waals surface area contributed by atoms with E-state index in [9.17, 15) is 28.3 Å². The number of carbonyl (C=O) groups excluding carboxylic acids is 3. The Morgan fingerprint density at radius 1 is 0.949 bits per heavy atom. The normalized spacial score (nSPS) is 13.3. The summed E-state index contributed by atoms with van der Waals surface area (Å²) in [7, 11) is 1.39. The van der Waals surface area contributed by atoms with Crippen molar-refractivity contribution >= 4 is 17.7 Å². The van der Waals surface area contributed by atoms with Gasteiger partial charge in [0.15, 0.2) is 0 Å². The number of Topliss-reactive ketones (excluding diaryl/α,β-unsaturated/α-hetero) is 1. The fourth-order valence-corrected chi connectivity index (χ4v) is 4.16. The zero-order chi connectivity index (χ0) is 28.8. The molecule has 8 nitrogen and oxygen atoms in total. The van der Waals surface area contributed by atoms with Gasteiger partial charge in [-0.25, -0.2) is 13.6 Å². The third kappa shape index (κ3) is 11.5. The molecule has 39 heavy (non-hydrogen) atoms. The summed E-state index contributed by atoms with van der Waals surface area (Å²) in [6.45, 7) is 4.54. The minimum Gasteiger partial charge on any atom is -0.390 e. The first kappa shape index (κ1) is 31.8. The molecule has 0 aliphatic rings.